The number of hydrogen-bond donors (Lipinski definition) is 1. The first kappa shape index (κ1) is 17.0. The van der Waals surface area contributed by atoms with Crippen LogP contribution in [0.15, 0.2) is 29.2 Å². The van der Waals surface area contributed by atoms with Crippen molar-refractivity contribution in [1.82, 2.24) is 4.72 Å². The van der Waals surface area contributed by atoms with Crippen molar-refractivity contribution in [1.29, 1.82) is 0 Å². The topological polar surface area (TPSA) is 46.2 Å². The minimum atomic E-state index is -3.50. The van der Waals surface area contributed by atoms with Crippen molar-refractivity contribution in [3.8, 4) is 0 Å². The fraction of sp³-hybridized carbons (Fsp3) is 0.538. The number of rotatable bonds is 7. The Hall–Kier alpha value is -0.100. The second-order valence-corrected chi connectivity index (χ2v) is 7.39. The predicted octanol–water partition coefficient (Wildman–Crippen LogP) is 3.82. The second-order valence-electron chi connectivity index (χ2n) is 4.62. The Balaban J connectivity index is 2.87. The van der Waals surface area contributed by atoms with Gasteiger partial charge in [0.15, 0.2) is 0 Å². The van der Waals surface area contributed by atoms with Crippen molar-refractivity contribution in [3.05, 3.63) is 29.3 Å². The van der Waals surface area contributed by atoms with Crippen LogP contribution in [-0.2, 0) is 10.0 Å². The molecule has 1 rings (SSSR count). The van der Waals surface area contributed by atoms with Gasteiger partial charge < -0.3 is 0 Å². The third-order valence-electron chi connectivity index (χ3n) is 3.53. The van der Waals surface area contributed by atoms with Crippen LogP contribution in [0.2, 0.25) is 5.02 Å². The van der Waals surface area contributed by atoms with Crippen LogP contribution in [-0.4, -0.2) is 20.3 Å². The molecule has 0 fully saturated rings. The van der Waals surface area contributed by atoms with Crippen molar-refractivity contribution in [2.24, 2.45) is 5.41 Å². The molecular formula is C13H19BrClNO2S. The Morgan fingerprint density at radius 3 is 2.42 bits per heavy atom. The number of hydrogen-bond acceptors (Lipinski definition) is 2. The van der Waals surface area contributed by atoms with Gasteiger partial charge in [0, 0.05) is 16.9 Å². The highest BCUT2D eigenvalue weighted by atomic mass is 79.9. The average molecular weight is 369 g/mol. The highest BCUT2D eigenvalue weighted by Gasteiger charge is 2.27. The second kappa shape index (κ2) is 7.07. The summed E-state index contributed by atoms with van der Waals surface area (Å²) in [6, 6.07) is 6.29. The van der Waals surface area contributed by atoms with E-state index in [1.54, 1.807) is 18.2 Å². The first-order chi connectivity index (χ1) is 8.89. The van der Waals surface area contributed by atoms with E-state index in [9.17, 15) is 8.42 Å². The molecule has 0 aliphatic carbocycles. The van der Waals surface area contributed by atoms with Gasteiger partial charge in [0.2, 0.25) is 10.0 Å². The summed E-state index contributed by atoms with van der Waals surface area (Å²) < 4.78 is 27.1. The van der Waals surface area contributed by atoms with Crippen LogP contribution in [0.5, 0.6) is 0 Å². The lowest BCUT2D eigenvalue weighted by Crippen LogP contribution is -2.38. The molecule has 3 nitrogen and oxygen atoms in total. The zero-order chi connectivity index (χ0) is 14.5. The molecule has 1 aromatic rings. The largest absolute Gasteiger partial charge is 0.240 e. The van der Waals surface area contributed by atoms with Gasteiger partial charge in [0.05, 0.1) is 4.90 Å². The first-order valence-electron chi connectivity index (χ1n) is 6.20. The Morgan fingerprint density at radius 1 is 1.32 bits per heavy atom. The molecule has 0 atom stereocenters. The minimum Gasteiger partial charge on any atom is -0.211 e. The average Bonchev–Trinajstić information content (AvgIpc) is 2.41. The van der Waals surface area contributed by atoms with Crippen LogP contribution in [0.1, 0.15) is 26.7 Å². The van der Waals surface area contributed by atoms with Crippen molar-refractivity contribution < 1.29 is 8.42 Å². The van der Waals surface area contributed by atoms with Crippen molar-refractivity contribution in [2.75, 3.05) is 11.9 Å². The Morgan fingerprint density at radius 2 is 1.95 bits per heavy atom. The molecule has 0 aliphatic heterocycles. The Kier molecular flexibility index (Phi) is 6.30. The number of halogens is 2. The van der Waals surface area contributed by atoms with E-state index in [4.69, 9.17) is 11.6 Å². The van der Waals surface area contributed by atoms with Crippen molar-refractivity contribution in [3.63, 3.8) is 0 Å². The number of sulfonamides is 1. The standard InChI is InChI=1S/C13H19BrClNO2S/c1-3-13(4-2,9-14)10-16-19(17,18)12-7-5-6-11(15)8-12/h5-8,16H,3-4,9-10H2,1-2H3. The van der Waals surface area contributed by atoms with Crippen LogP contribution < -0.4 is 4.72 Å². The predicted molar refractivity (Wildman–Crippen MR) is 83.4 cm³/mol. The molecule has 0 aromatic heterocycles. The van der Waals surface area contributed by atoms with Gasteiger partial charge in [-0.2, -0.15) is 0 Å². The van der Waals surface area contributed by atoms with Gasteiger partial charge in [-0.1, -0.05) is 47.4 Å². The zero-order valence-corrected chi connectivity index (χ0v) is 14.3. The van der Waals surface area contributed by atoms with E-state index in [2.05, 4.69) is 34.5 Å². The van der Waals surface area contributed by atoms with Gasteiger partial charge in [-0.15, -0.1) is 0 Å². The molecule has 0 aliphatic rings. The summed E-state index contributed by atoms with van der Waals surface area (Å²) in [4.78, 5) is 0.204. The van der Waals surface area contributed by atoms with Crippen LogP contribution in [0.3, 0.4) is 0 Å². The Labute approximate surface area is 128 Å². The maximum absolute atomic E-state index is 12.2. The van der Waals surface area contributed by atoms with E-state index in [-0.39, 0.29) is 10.3 Å². The highest BCUT2D eigenvalue weighted by Crippen LogP contribution is 2.28. The molecule has 0 saturated heterocycles. The summed E-state index contributed by atoms with van der Waals surface area (Å²) in [5.74, 6) is 0. The molecule has 0 radical (unpaired) electrons. The number of alkyl halides is 1. The fourth-order valence-corrected chi connectivity index (χ4v) is 4.15. The molecule has 0 amide bonds. The SMILES string of the molecule is CCC(CC)(CBr)CNS(=O)(=O)c1cccc(Cl)c1. The van der Waals surface area contributed by atoms with E-state index in [0.717, 1.165) is 18.2 Å². The monoisotopic (exact) mass is 367 g/mol. The molecule has 1 N–H and O–H groups in total. The summed E-state index contributed by atoms with van der Waals surface area (Å²) in [6.07, 6.45) is 1.82. The van der Waals surface area contributed by atoms with E-state index in [1.807, 2.05) is 0 Å². The first-order valence-corrected chi connectivity index (χ1v) is 9.18. The number of nitrogens with one attached hydrogen (secondary N) is 1. The van der Waals surface area contributed by atoms with Crippen LogP contribution >= 0.6 is 27.5 Å². The highest BCUT2D eigenvalue weighted by molar-refractivity contribution is 9.09. The van der Waals surface area contributed by atoms with Crippen molar-refractivity contribution in [2.45, 2.75) is 31.6 Å². The third kappa shape index (κ3) is 4.45. The maximum atomic E-state index is 12.2. The lowest BCUT2D eigenvalue weighted by atomic mass is 9.85. The fourth-order valence-electron chi connectivity index (χ4n) is 1.70. The summed E-state index contributed by atoms with van der Waals surface area (Å²) in [5, 5.41) is 1.19. The molecule has 0 heterocycles. The molecule has 1 aromatic carbocycles. The van der Waals surface area contributed by atoms with E-state index >= 15 is 0 Å². The Bertz CT molecular complexity index is 507. The molecule has 6 heteroatoms. The summed E-state index contributed by atoms with van der Waals surface area (Å²) in [6.45, 7) is 4.55. The molecular weight excluding hydrogens is 350 g/mol. The smallest absolute Gasteiger partial charge is 0.211 e. The third-order valence-corrected chi connectivity index (χ3v) is 6.35. The van der Waals surface area contributed by atoms with Gasteiger partial charge in [0.1, 0.15) is 0 Å². The van der Waals surface area contributed by atoms with Gasteiger partial charge in [0.25, 0.3) is 0 Å². The molecule has 108 valence electrons. The van der Waals surface area contributed by atoms with Crippen LogP contribution in [0.4, 0.5) is 0 Å². The lowest BCUT2D eigenvalue weighted by molar-refractivity contribution is 0.309. The van der Waals surface area contributed by atoms with Crippen LogP contribution in [0, 0.1) is 5.41 Å². The van der Waals surface area contributed by atoms with Crippen molar-refractivity contribution >= 4 is 37.6 Å². The normalized spacial score (nSPS) is 12.6. The molecule has 0 unspecified atom stereocenters. The minimum absolute atomic E-state index is 0.0500. The summed E-state index contributed by atoms with van der Waals surface area (Å²) in [5.41, 5.74) is -0.0500. The quantitative estimate of drug-likeness (QED) is 0.744. The molecule has 0 spiro atoms. The number of benzene rings is 1. The van der Waals surface area contributed by atoms with Gasteiger partial charge >= 0.3 is 0 Å². The van der Waals surface area contributed by atoms with E-state index in [1.165, 1.54) is 6.07 Å². The molecule has 19 heavy (non-hydrogen) atoms. The van der Waals surface area contributed by atoms with Gasteiger partial charge in [-0.05, 0) is 36.5 Å². The van der Waals surface area contributed by atoms with E-state index < -0.39 is 10.0 Å². The summed E-state index contributed by atoms with van der Waals surface area (Å²) >= 11 is 9.30. The summed E-state index contributed by atoms with van der Waals surface area (Å²) in [7, 11) is -3.50. The van der Waals surface area contributed by atoms with Crippen LogP contribution in [0.25, 0.3) is 0 Å². The lowest BCUT2D eigenvalue weighted by Gasteiger charge is -2.29. The van der Waals surface area contributed by atoms with Gasteiger partial charge in [-0.25, -0.2) is 13.1 Å². The molecule has 0 saturated carbocycles. The van der Waals surface area contributed by atoms with E-state index in [0.29, 0.717) is 11.6 Å². The molecule has 0 bridgehead atoms. The maximum Gasteiger partial charge on any atom is 0.240 e. The zero-order valence-electron chi connectivity index (χ0n) is 11.1. The van der Waals surface area contributed by atoms with Gasteiger partial charge in [-0.3, -0.25) is 0 Å².